The summed E-state index contributed by atoms with van der Waals surface area (Å²) in [6.45, 7) is 2.12. The predicted molar refractivity (Wildman–Crippen MR) is 83.2 cm³/mol. The van der Waals surface area contributed by atoms with Gasteiger partial charge in [0.05, 0.1) is 6.54 Å². The van der Waals surface area contributed by atoms with Crippen molar-refractivity contribution in [2.75, 3.05) is 11.9 Å². The van der Waals surface area contributed by atoms with E-state index in [1.807, 2.05) is 0 Å². The minimum Gasteiger partial charge on any atom is -0.325 e. The molecule has 0 atom stereocenters. The molecule has 2 N–H and O–H groups in total. The van der Waals surface area contributed by atoms with E-state index in [2.05, 4.69) is 10.6 Å². The van der Waals surface area contributed by atoms with Gasteiger partial charge >= 0.3 is 0 Å². The Balaban J connectivity index is 1.77. The van der Waals surface area contributed by atoms with Crippen LogP contribution in [-0.4, -0.2) is 18.2 Å². The van der Waals surface area contributed by atoms with Crippen molar-refractivity contribution in [1.82, 2.24) is 5.32 Å². The Morgan fingerprint density at radius 3 is 2.23 bits per heavy atom. The van der Waals surface area contributed by atoms with Crippen LogP contribution in [0.3, 0.4) is 0 Å². The van der Waals surface area contributed by atoms with E-state index in [4.69, 9.17) is 0 Å². The predicted octanol–water partition coefficient (Wildman–Crippen LogP) is 2.76. The first kappa shape index (κ1) is 15.9. The first-order chi connectivity index (χ1) is 10.5. The Hall–Kier alpha value is -2.53. The molecule has 0 bridgehead atoms. The quantitative estimate of drug-likeness (QED) is 0.807. The molecule has 1 amide bonds. The lowest BCUT2D eigenvalue weighted by molar-refractivity contribution is -0.115. The highest BCUT2D eigenvalue weighted by Crippen LogP contribution is 2.09. The van der Waals surface area contributed by atoms with Gasteiger partial charge in [0, 0.05) is 17.8 Å². The zero-order valence-electron chi connectivity index (χ0n) is 12.2. The zero-order valence-corrected chi connectivity index (χ0v) is 12.2. The molecular weight excluding hydrogens is 283 g/mol. The van der Waals surface area contributed by atoms with Crippen molar-refractivity contribution in [1.29, 1.82) is 0 Å². The third-order valence-corrected chi connectivity index (χ3v) is 3.10. The average molecular weight is 300 g/mol. The average Bonchev–Trinajstić information content (AvgIpc) is 2.50. The van der Waals surface area contributed by atoms with Gasteiger partial charge in [-0.1, -0.05) is 12.1 Å². The fourth-order valence-corrected chi connectivity index (χ4v) is 1.92. The third kappa shape index (κ3) is 4.79. The largest absolute Gasteiger partial charge is 0.325 e. The normalized spacial score (nSPS) is 10.3. The molecule has 0 saturated carbocycles. The molecule has 4 nitrogen and oxygen atoms in total. The van der Waals surface area contributed by atoms with Gasteiger partial charge in [0.1, 0.15) is 5.82 Å². The van der Waals surface area contributed by atoms with Gasteiger partial charge in [-0.2, -0.15) is 0 Å². The van der Waals surface area contributed by atoms with Crippen LogP contribution in [-0.2, 0) is 11.3 Å². The SMILES string of the molecule is CC(=O)c1ccc(NC(=O)CNCc2ccc(F)cc2)cc1. The minimum absolute atomic E-state index is 0.0150. The first-order valence-electron chi connectivity index (χ1n) is 6.90. The van der Waals surface area contributed by atoms with Gasteiger partial charge in [-0.15, -0.1) is 0 Å². The number of carbonyl (C=O) groups is 2. The van der Waals surface area contributed by atoms with Crippen LogP contribution in [0, 0.1) is 5.82 Å². The number of hydrogen-bond acceptors (Lipinski definition) is 3. The first-order valence-corrected chi connectivity index (χ1v) is 6.90. The summed E-state index contributed by atoms with van der Waals surface area (Å²) in [5.41, 5.74) is 2.14. The van der Waals surface area contributed by atoms with Gasteiger partial charge < -0.3 is 10.6 Å². The summed E-state index contributed by atoms with van der Waals surface area (Å²) in [6.07, 6.45) is 0. The summed E-state index contributed by atoms with van der Waals surface area (Å²) in [7, 11) is 0. The van der Waals surface area contributed by atoms with Crippen molar-refractivity contribution in [2.24, 2.45) is 0 Å². The molecule has 0 unspecified atom stereocenters. The molecule has 0 aromatic heterocycles. The lowest BCUT2D eigenvalue weighted by atomic mass is 10.1. The summed E-state index contributed by atoms with van der Waals surface area (Å²) >= 11 is 0. The standard InChI is InChI=1S/C17H17FN2O2/c1-12(21)14-4-8-16(9-5-14)20-17(22)11-19-10-13-2-6-15(18)7-3-13/h2-9,19H,10-11H2,1H3,(H,20,22). The lowest BCUT2D eigenvalue weighted by Crippen LogP contribution is -2.27. The van der Waals surface area contributed by atoms with Crippen LogP contribution in [0.25, 0.3) is 0 Å². The molecule has 2 aromatic carbocycles. The Kier molecular flexibility index (Phi) is 5.38. The zero-order chi connectivity index (χ0) is 15.9. The van der Waals surface area contributed by atoms with Crippen molar-refractivity contribution in [2.45, 2.75) is 13.5 Å². The van der Waals surface area contributed by atoms with E-state index in [1.54, 1.807) is 36.4 Å². The maximum atomic E-state index is 12.8. The van der Waals surface area contributed by atoms with Gasteiger partial charge in [-0.3, -0.25) is 9.59 Å². The topological polar surface area (TPSA) is 58.2 Å². The highest BCUT2D eigenvalue weighted by molar-refractivity contribution is 5.96. The second-order valence-electron chi connectivity index (χ2n) is 4.91. The molecule has 5 heteroatoms. The summed E-state index contributed by atoms with van der Waals surface area (Å²) < 4.78 is 12.8. The molecule has 22 heavy (non-hydrogen) atoms. The summed E-state index contributed by atoms with van der Waals surface area (Å²) in [5.74, 6) is -0.480. The van der Waals surface area contributed by atoms with Crippen molar-refractivity contribution >= 4 is 17.4 Å². The number of hydrogen-bond donors (Lipinski definition) is 2. The van der Waals surface area contributed by atoms with Crippen LogP contribution >= 0.6 is 0 Å². The van der Waals surface area contributed by atoms with E-state index in [9.17, 15) is 14.0 Å². The van der Waals surface area contributed by atoms with E-state index in [-0.39, 0.29) is 24.1 Å². The smallest absolute Gasteiger partial charge is 0.238 e. The minimum atomic E-state index is -0.282. The van der Waals surface area contributed by atoms with Crippen molar-refractivity contribution < 1.29 is 14.0 Å². The number of nitrogens with one attached hydrogen (secondary N) is 2. The molecule has 2 aromatic rings. The van der Waals surface area contributed by atoms with Crippen LogP contribution < -0.4 is 10.6 Å². The van der Waals surface area contributed by atoms with Crippen LogP contribution in [0.15, 0.2) is 48.5 Å². The molecular formula is C17H17FN2O2. The summed E-state index contributed by atoms with van der Waals surface area (Å²) in [5, 5.41) is 5.71. The van der Waals surface area contributed by atoms with Crippen molar-refractivity contribution in [3.05, 3.63) is 65.5 Å². The van der Waals surface area contributed by atoms with Crippen molar-refractivity contribution in [3.63, 3.8) is 0 Å². The van der Waals surface area contributed by atoms with Crippen LogP contribution in [0.2, 0.25) is 0 Å². The number of ketones is 1. The number of Topliss-reactive ketones (excluding diaryl/α,β-unsaturated/α-hetero) is 1. The van der Waals surface area contributed by atoms with E-state index < -0.39 is 0 Å². The number of amides is 1. The number of benzene rings is 2. The Morgan fingerprint density at radius 1 is 1.00 bits per heavy atom. The lowest BCUT2D eigenvalue weighted by Gasteiger charge is -2.07. The molecule has 0 spiro atoms. The Morgan fingerprint density at radius 2 is 1.64 bits per heavy atom. The molecule has 0 heterocycles. The second kappa shape index (κ2) is 7.47. The number of rotatable bonds is 6. The number of carbonyl (C=O) groups excluding carboxylic acids is 2. The molecule has 2 rings (SSSR count). The fourth-order valence-electron chi connectivity index (χ4n) is 1.92. The highest BCUT2D eigenvalue weighted by Gasteiger charge is 2.03. The number of anilines is 1. The van der Waals surface area contributed by atoms with E-state index in [0.29, 0.717) is 17.8 Å². The molecule has 0 saturated heterocycles. The summed E-state index contributed by atoms with van der Waals surface area (Å²) in [4.78, 5) is 22.9. The van der Waals surface area contributed by atoms with Crippen LogP contribution in [0.5, 0.6) is 0 Å². The molecule has 0 radical (unpaired) electrons. The molecule has 0 aliphatic rings. The maximum Gasteiger partial charge on any atom is 0.238 e. The molecule has 0 fully saturated rings. The highest BCUT2D eigenvalue weighted by atomic mass is 19.1. The second-order valence-corrected chi connectivity index (χ2v) is 4.91. The molecule has 0 aliphatic carbocycles. The van der Waals surface area contributed by atoms with Crippen LogP contribution in [0.1, 0.15) is 22.8 Å². The van der Waals surface area contributed by atoms with Gasteiger partial charge in [0.2, 0.25) is 5.91 Å². The molecule has 114 valence electrons. The van der Waals surface area contributed by atoms with Gasteiger partial charge in [-0.05, 0) is 48.9 Å². The van der Waals surface area contributed by atoms with Crippen LogP contribution in [0.4, 0.5) is 10.1 Å². The Bertz CT molecular complexity index is 651. The Labute approximate surface area is 128 Å². The van der Waals surface area contributed by atoms with E-state index in [1.165, 1.54) is 19.1 Å². The van der Waals surface area contributed by atoms with Gasteiger partial charge in [-0.25, -0.2) is 4.39 Å². The summed E-state index contributed by atoms with van der Waals surface area (Å²) in [6, 6.07) is 12.8. The third-order valence-electron chi connectivity index (χ3n) is 3.10. The van der Waals surface area contributed by atoms with Gasteiger partial charge in [0.15, 0.2) is 5.78 Å². The van der Waals surface area contributed by atoms with Crippen molar-refractivity contribution in [3.8, 4) is 0 Å². The number of halogens is 1. The fraction of sp³-hybridized carbons (Fsp3) is 0.176. The van der Waals surface area contributed by atoms with Gasteiger partial charge in [0.25, 0.3) is 0 Å². The maximum absolute atomic E-state index is 12.8. The van der Waals surface area contributed by atoms with E-state index >= 15 is 0 Å². The molecule has 0 aliphatic heterocycles. The van der Waals surface area contributed by atoms with E-state index in [0.717, 1.165) is 5.56 Å². The monoisotopic (exact) mass is 300 g/mol.